The van der Waals surface area contributed by atoms with Crippen LogP contribution in [0.4, 0.5) is 5.00 Å². The molecule has 1 aromatic carbocycles. The molecular formula is C17H18N2O2S. The molecule has 0 bridgehead atoms. The summed E-state index contributed by atoms with van der Waals surface area (Å²) in [6, 6.07) is 7.03. The van der Waals surface area contributed by atoms with Crippen molar-refractivity contribution in [3.05, 3.63) is 45.8 Å². The van der Waals surface area contributed by atoms with Crippen molar-refractivity contribution >= 4 is 22.2 Å². The van der Waals surface area contributed by atoms with Gasteiger partial charge in [-0.1, -0.05) is 12.1 Å². The molecule has 0 saturated carbocycles. The molecule has 0 saturated heterocycles. The van der Waals surface area contributed by atoms with Gasteiger partial charge in [0.2, 0.25) is 0 Å². The van der Waals surface area contributed by atoms with Gasteiger partial charge in [-0.25, -0.2) is 0 Å². The number of carbonyl (C=O) groups excluding carboxylic acids is 1. The van der Waals surface area contributed by atoms with Gasteiger partial charge >= 0.3 is 0 Å². The highest BCUT2D eigenvalue weighted by atomic mass is 32.1. The average molecular weight is 314 g/mol. The maximum Gasteiger partial charge on any atom is 0.258 e. The van der Waals surface area contributed by atoms with Crippen LogP contribution < -0.4 is 5.32 Å². The number of phenols is 1. The Hall–Kier alpha value is -2.01. The normalized spacial score (nSPS) is 20.3. The lowest BCUT2D eigenvalue weighted by Crippen LogP contribution is -2.40. The monoisotopic (exact) mass is 314 g/mol. The first-order valence-corrected chi connectivity index (χ1v) is 8.44. The van der Waals surface area contributed by atoms with Gasteiger partial charge in [0.1, 0.15) is 16.9 Å². The minimum absolute atomic E-state index is 0.103. The van der Waals surface area contributed by atoms with E-state index in [4.69, 9.17) is 0 Å². The fraction of sp³-hybridized carbons (Fsp3) is 0.353. The van der Waals surface area contributed by atoms with Crippen LogP contribution in [0.1, 0.15) is 45.4 Å². The van der Waals surface area contributed by atoms with Crippen LogP contribution in [0.3, 0.4) is 0 Å². The van der Waals surface area contributed by atoms with Gasteiger partial charge in [0, 0.05) is 11.9 Å². The topological polar surface area (TPSA) is 52.6 Å². The zero-order chi connectivity index (χ0) is 15.3. The van der Waals surface area contributed by atoms with E-state index in [1.165, 1.54) is 23.3 Å². The molecule has 1 aromatic heterocycles. The number of hydrogen-bond acceptors (Lipinski definition) is 4. The summed E-state index contributed by atoms with van der Waals surface area (Å²) in [4.78, 5) is 16.0. The Kier molecular flexibility index (Phi) is 3.11. The van der Waals surface area contributed by atoms with Gasteiger partial charge in [0.25, 0.3) is 5.91 Å². The fourth-order valence-corrected chi connectivity index (χ4v) is 4.68. The fourth-order valence-electron chi connectivity index (χ4n) is 3.37. The molecule has 1 amide bonds. The van der Waals surface area contributed by atoms with E-state index in [1.807, 2.05) is 19.2 Å². The molecule has 2 heterocycles. The summed E-state index contributed by atoms with van der Waals surface area (Å²) in [6.07, 6.45) is 4.33. The first-order chi connectivity index (χ1) is 10.6. The summed E-state index contributed by atoms with van der Waals surface area (Å²) in [6.45, 7) is 0. The largest absolute Gasteiger partial charge is 0.508 e. The standard InChI is InChI=1S/C17H18N2O2S/c1-19-15(10-6-8-11(20)9-7-10)18-16-14(17(19)21)12-4-2-3-5-13(12)22-16/h6-9,15,18,20H,2-5H2,1H3. The number of aryl methyl sites for hydroxylation is 1. The van der Waals surface area contributed by atoms with Gasteiger partial charge in [-0.05, 0) is 48.9 Å². The zero-order valence-corrected chi connectivity index (χ0v) is 13.2. The summed E-state index contributed by atoms with van der Waals surface area (Å²) < 4.78 is 0. The molecule has 5 heteroatoms. The molecule has 0 radical (unpaired) electrons. The molecule has 0 spiro atoms. The quantitative estimate of drug-likeness (QED) is 0.846. The molecule has 1 aliphatic carbocycles. The Morgan fingerprint density at radius 1 is 1.23 bits per heavy atom. The zero-order valence-electron chi connectivity index (χ0n) is 12.4. The number of fused-ring (bicyclic) bond motifs is 3. The van der Waals surface area contributed by atoms with Crippen molar-refractivity contribution in [1.29, 1.82) is 0 Å². The highest BCUT2D eigenvalue weighted by Crippen LogP contribution is 2.43. The number of aromatic hydroxyl groups is 1. The van der Waals surface area contributed by atoms with Crippen LogP contribution >= 0.6 is 11.3 Å². The number of nitrogens with one attached hydrogen (secondary N) is 1. The molecule has 1 atom stereocenters. The van der Waals surface area contributed by atoms with E-state index in [-0.39, 0.29) is 17.8 Å². The summed E-state index contributed by atoms with van der Waals surface area (Å²) in [5, 5.41) is 14.0. The summed E-state index contributed by atoms with van der Waals surface area (Å²) >= 11 is 1.74. The molecular weight excluding hydrogens is 296 g/mol. The number of anilines is 1. The number of thiophene rings is 1. The van der Waals surface area contributed by atoms with E-state index in [1.54, 1.807) is 28.4 Å². The van der Waals surface area contributed by atoms with E-state index < -0.39 is 0 Å². The highest BCUT2D eigenvalue weighted by Gasteiger charge is 2.35. The minimum Gasteiger partial charge on any atom is -0.508 e. The molecule has 4 nitrogen and oxygen atoms in total. The predicted molar refractivity (Wildman–Crippen MR) is 87.5 cm³/mol. The van der Waals surface area contributed by atoms with Crippen molar-refractivity contribution in [2.45, 2.75) is 31.8 Å². The predicted octanol–water partition coefficient (Wildman–Crippen LogP) is 3.53. The van der Waals surface area contributed by atoms with Crippen molar-refractivity contribution in [1.82, 2.24) is 4.90 Å². The summed E-state index contributed by atoms with van der Waals surface area (Å²) in [5.74, 6) is 0.340. The van der Waals surface area contributed by atoms with Gasteiger partial charge < -0.3 is 15.3 Å². The van der Waals surface area contributed by atoms with Crippen molar-refractivity contribution in [2.24, 2.45) is 0 Å². The maximum absolute atomic E-state index is 12.8. The van der Waals surface area contributed by atoms with Crippen LogP contribution in [-0.4, -0.2) is 23.0 Å². The van der Waals surface area contributed by atoms with E-state index in [0.29, 0.717) is 0 Å². The highest BCUT2D eigenvalue weighted by molar-refractivity contribution is 7.16. The van der Waals surface area contributed by atoms with E-state index in [2.05, 4.69) is 5.32 Å². The Bertz CT molecular complexity index is 736. The van der Waals surface area contributed by atoms with Crippen LogP contribution in [0.5, 0.6) is 5.75 Å². The van der Waals surface area contributed by atoms with Gasteiger partial charge in [0.05, 0.1) is 5.56 Å². The van der Waals surface area contributed by atoms with Gasteiger partial charge in [-0.3, -0.25) is 4.79 Å². The molecule has 114 valence electrons. The molecule has 2 aromatic rings. The van der Waals surface area contributed by atoms with Crippen molar-refractivity contribution in [3.8, 4) is 5.75 Å². The number of hydrogen-bond donors (Lipinski definition) is 2. The average Bonchev–Trinajstić information content (AvgIpc) is 2.90. The number of carbonyl (C=O) groups is 1. The molecule has 2 N–H and O–H groups in total. The molecule has 22 heavy (non-hydrogen) atoms. The molecule has 0 fully saturated rings. The summed E-state index contributed by atoms with van der Waals surface area (Å²) in [7, 11) is 1.84. The second-order valence-electron chi connectivity index (χ2n) is 5.97. The Morgan fingerprint density at radius 3 is 2.73 bits per heavy atom. The Balaban J connectivity index is 1.76. The number of nitrogens with zero attached hydrogens (tertiary/aromatic N) is 1. The first kappa shape index (κ1) is 13.6. The lowest BCUT2D eigenvalue weighted by molar-refractivity contribution is 0.0735. The van der Waals surface area contributed by atoms with Crippen molar-refractivity contribution < 1.29 is 9.90 Å². The van der Waals surface area contributed by atoms with Crippen LogP contribution in [0.15, 0.2) is 24.3 Å². The second kappa shape index (κ2) is 5.02. The van der Waals surface area contributed by atoms with E-state index >= 15 is 0 Å². The molecule has 1 unspecified atom stereocenters. The van der Waals surface area contributed by atoms with Gasteiger partial charge in [-0.2, -0.15) is 0 Å². The third-order valence-electron chi connectivity index (χ3n) is 4.57. The van der Waals surface area contributed by atoms with Crippen molar-refractivity contribution in [3.63, 3.8) is 0 Å². The third-order valence-corrected chi connectivity index (χ3v) is 5.79. The SMILES string of the molecule is CN1C(=O)c2c(sc3c2CCCC3)NC1c1ccc(O)cc1. The smallest absolute Gasteiger partial charge is 0.258 e. The van der Waals surface area contributed by atoms with Crippen LogP contribution in [0.25, 0.3) is 0 Å². The molecule has 4 rings (SSSR count). The summed E-state index contributed by atoms with van der Waals surface area (Å²) in [5.41, 5.74) is 3.13. The Labute approximate surface area is 133 Å². The molecule has 1 aliphatic heterocycles. The van der Waals surface area contributed by atoms with E-state index in [9.17, 15) is 9.90 Å². The minimum atomic E-state index is -0.180. The lowest BCUT2D eigenvalue weighted by Gasteiger charge is -2.34. The van der Waals surface area contributed by atoms with Crippen LogP contribution in [0, 0.1) is 0 Å². The van der Waals surface area contributed by atoms with Gasteiger partial charge in [0.15, 0.2) is 0 Å². The number of rotatable bonds is 1. The van der Waals surface area contributed by atoms with Gasteiger partial charge in [-0.15, -0.1) is 11.3 Å². The number of amides is 1. The van der Waals surface area contributed by atoms with E-state index in [0.717, 1.165) is 29.0 Å². The number of benzene rings is 1. The first-order valence-electron chi connectivity index (χ1n) is 7.62. The number of phenolic OH excluding ortho intramolecular Hbond substituents is 1. The Morgan fingerprint density at radius 2 is 1.95 bits per heavy atom. The van der Waals surface area contributed by atoms with Crippen LogP contribution in [0.2, 0.25) is 0 Å². The lowest BCUT2D eigenvalue weighted by atomic mass is 9.94. The van der Waals surface area contributed by atoms with Crippen molar-refractivity contribution in [2.75, 3.05) is 12.4 Å². The maximum atomic E-state index is 12.8. The third kappa shape index (κ3) is 2.00. The molecule has 2 aliphatic rings. The van der Waals surface area contributed by atoms with Crippen LogP contribution in [-0.2, 0) is 12.8 Å². The second-order valence-corrected chi connectivity index (χ2v) is 7.07.